The summed E-state index contributed by atoms with van der Waals surface area (Å²) in [5.74, 6) is -2.49. The molecule has 0 aromatic rings. The molecule has 0 aliphatic carbocycles. The molecule has 2 fully saturated rings. The zero-order valence-electron chi connectivity index (χ0n) is 11.5. The number of ether oxygens (including phenoxy) is 2. The Morgan fingerprint density at radius 2 is 1.85 bits per heavy atom. The molecule has 0 saturated carbocycles. The molecule has 2 saturated heterocycles. The van der Waals surface area contributed by atoms with Crippen molar-refractivity contribution in [2.75, 3.05) is 27.8 Å². The molecular weight excluding hydrogens is 268 g/mol. The van der Waals surface area contributed by atoms with Crippen LogP contribution in [0.5, 0.6) is 0 Å². The predicted octanol–water partition coefficient (Wildman–Crippen LogP) is -0.974. The monoisotopic (exact) mass is 284 g/mol. The number of ketones is 1. The lowest BCUT2D eigenvalue weighted by Crippen LogP contribution is -2.70. The lowest BCUT2D eigenvalue weighted by molar-refractivity contribution is -0.165. The van der Waals surface area contributed by atoms with Crippen LogP contribution in [-0.2, 0) is 23.9 Å². The van der Waals surface area contributed by atoms with Gasteiger partial charge in [0.1, 0.15) is 12.0 Å². The summed E-state index contributed by atoms with van der Waals surface area (Å²) < 4.78 is 9.29. The SMILES string of the molecule is COC(=O)C1C(=O)CC2C(=O)N(C)CC1N2C(=O)OC. The Kier molecular flexibility index (Phi) is 3.65. The Balaban J connectivity index is 2.42. The van der Waals surface area contributed by atoms with Gasteiger partial charge in [0.15, 0.2) is 5.78 Å². The normalized spacial score (nSPS) is 29.2. The van der Waals surface area contributed by atoms with Crippen LogP contribution >= 0.6 is 0 Å². The molecule has 2 amide bonds. The lowest BCUT2D eigenvalue weighted by Gasteiger charge is -2.48. The van der Waals surface area contributed by atoms with E-state index in [1.807, 2.05) is 0 Å². The number of likely N-dealkylation sites (N-methyl/N-ethyl adjacent to an activating group) is 1. The van der Waals surface area contributed by atoms with E-state index in [1.165, 1.54) is 24.0 Å². The van der Waals surface area contributed by atoms with Crippen LogP contribution in [0, 0.1) is 5.92 Å². The van der Waals surface area contributed by atoms with E-state index in [0.717, 1.165) is 0 Å². The number of carbonyl (C=O) groups excluding carboxylic acids is 4. The van der Waals surface area contributed by atoms with E-state index in [0.29, 0.717) is 0 Å². The van der Waals surface area contributed by atoms with Crippen LogP contribution < -0.4 is 0 Å². The minimum atomic E-state index is -1.08. The van der Waals surface area contributed by atoms with Gasteiger partial charge in [-0.3, -0.25) is 19.3 Å². The number of hydrogen-bond acceptors (Lipinski definition) is 6. The lowest BCUT2D eigenvalue weighted by atomic mass is 9.81. The Labute approximate surface area is 115 Å². The van der Waals surface area contributed by atoms with Crippen LogP contribution in [0.1, 0.15) is 6.42 Å². The first kappa shape index (κ1) is 14.3. The topological polar surface area (TPSA) is 93.2 Å². The zero-order valence-corrected chi connectivity index (χ0v) is 11.5. The van der Waals surface area contributed by atoms with Gasteiger partial charge >= 0.3 is 12.1 Å². The van der Waals surface area contributed by atoms with Crippen LogP contribution in [0.25, 0.3) is 0 Å². The van der Waals surface area contributed by atoms with Crippen LogP contribution in [0.15, 0.2) is 0 Å². The molecule has 3 atom stereocenters. The summed E-state index contributed by atoms with van der Waals surface area (Å²) in [6, 6.07) is -1.65. The maximum absolute atomic E-state index is 12.1. The van der Waals surface area contributed by atoms with E-state index in [2.05, 4.69) is 9.47 Å². The Bertz CT molecular complexity index is 477. The number of piperidine rings is 1. The molecule has 0 radical (unpaired) electrons. The molecule has 20 heavy (non-hydrogen) atoms. The van der Waals surface area contributed by atoms with Crippen LogP contribution in [0.4, 0.5) is 4.79 Å². The summed E-state index contributed by atoms with van der Waals surface area (Å²) in [7, 11) is 3.94. The van der Waals surface area contributed by atoms with Gasteiger partial charge in [0.05, 0.1) is 20.3 Å². The largest absolute Gasteiger partial charge is 0.468 e. The highest BCUT2D eigenvalue weighted by Gasteiger charge is 2.55. The van der Waals surface area contributed by atoms with Crippen molar-refractivity contribution >= 4 is 23.8 Å². The minimum Gasteiger partial charge on any atom is -0.468 e. The molecule has 8 nitrogen and oxygen atoms in total. The van der Waals surface area contributed by atoms with Gasteiger partial charge in [0.25, 0.3) is 0 Å². The fraction of sp³-hybridized carbons (Fsp3) is 0.667. The number of fused-ring (bicyclic) bond motifs is 2. The Morgan fingerprint density at radius 1 is 1.20 bits per heavy atom. The van der Waals surface area contributed by atoms with E-state index < -0.39 is 30.1 Å². The van der Waals surface area contributed by atoms with Gasteiger partial charge in [-0.2, -0.15) is 0 Å². The van der Waals surface area contributed by atoms with Crippen LogP contribution in [0.2, 0.25) is 0 Å². The van der Waals surface area contributed by atoms with Crippen molar-refractivity contribution in [2.24, 2.45) is 5.92 Å². The molecule has 8 heteroatoms. The predicted molar refractivity (Wildman–Crippen MR) is 64.6 cm³/mol. The smallest absolute Gasteiger partial charge is 0.410 e. The van der Waals surface area contributed by atoms with E-state index in [9.17, 15) is 19.2 Å². The minimum absolute atomic E-state index is 0.0932. The summed E-state index contributed by atoms with van der Waals surface area (Å²) in [5, 5.41) is 0. The molecule has 2 aliphatic rings. The van der Waals surface area contributed by atoms with Crippen molar-refractivity contribution in [2.45, 2.75) is 18.5 Å². The van der Waals surface area contributed by atoms with Gasteiger partial charge in [0, 0.05) is 20.0 Å². The average molecular weight is 284 g/mol. The number of likely N-dealkylation sites (tertiary alicyclic amines) is 1. The third-order valence-corrected chi connectivity index (χ3v) is 3.78. The van der Waals surface area contributed by atoms with Gasteiger partial charge in [0.2, 0.25) is 5.91 Å². The molecule has 0 aromatic carbocycles. The van der Waals surface area contributed by atoms with Gasteiger partial charge in [-0.05, 0) is 0 Å². The third-order valence-electron chi connectivity index (χ3n) is 3.78. The number of esters is 1. The first-order valence-corrected chi connectivity index (χ1v) is 6.14. The van der Waals surface area contributed by atoms with E-state index in [4.69, 9.17) is 0 Å². The summed E-state index contributed by atoms with van der Waals surface area (Å²) in [6.45, 7) is 0.0932. The van der Waals surface area contributed by atoms with Crippen molar-refractivity contribution < 1.29 is 28.7 Å². The van der Waals surface area contributed by atoms with Crippen molar-refractivity contribution in [1.82, 2.24) is 9.80 Å². The second-order valence-corrected chi connectivity index (χ2v) is 4.85. The quantitative estimate of drug-likeness (QED) is 0.454. The number of rotatable bonds is 1. The van der Waals surface area contributed by atoms with Gasteiger partial charge < -0.3 is 14.4 Å². The number of nitrogens with zero attached hydrogens (tertiary/aromatic N) is 2. The number of Topliss-reactive ketones (excluding diaryl/α,β-unsaturated/α-hetero) is 1. The summed E-state index contributed by atoms with van der Waals surface area (Å²) in [6.07, 6.45) is -0.919. The van der Waals surface area contributed by atoms with E-state index >= 15 is 0 Å². The highest BCUT2D eigenvalue weighted by atomic mass is 16.5. The fourth-order valence-electron chi connectivity index (χ4n) is 2.83. The molecule has 2 heterocycles. The summed E-state index contributed by atoms with van der Waals surface area (Å²) in [5.41, 5.74) is 0. The second-order valence-electron chi connectivity index (χ2n) is 4.85. The number of hydrogen-bond donors (Lipinski definition) is 0. The van der Waals surface area contributed by atoms with Gasteiger partial charge in [-0.25, -0.2) is 4.79 Å². The molecule has 3 unspecified atom stereocenters. The Morgan fingerprint density at radius 3 is 2.40 bits per heavy atom. The molecule has 110 valence electrons. The molecule has 0 N–H and O–H groups in total. The molecule has 2 aliphatic heterocycles. The molecule has 2 rings (SSSR count). The van der Waals surface area contributed by atoms with Gasteiger partial charge in [-0.15, -0.1) is 0 Å². The first-order valence-electron chi connectivity index (χ1n) is 6.14. The third kappa shape index (κ3) is 2.00. The second kappa shape index (κ2) is 5.10. The average Bonchev–Trinajstić information content (AvgIpc) is 2.43. The van der Waals surface area contributed by atoms with Crippen molar-refractivity contribution in [3.8, 4) is 0 Å². The van der Waals surface area contributed by atoms with Crippen LogP contribution in [0.3, 0.4) is 0 Å². The molecular formula is C12H16N2O6. The molecule has 2 bridgehead atoms. The molecule has 0 spiro atoms. The highest BCUT2D eigenvalue weighted by molar-refractivity contribution is 6.05. The van der Waals surface area contributed by atoms with E-state index in [-0.39, 0.29) is 24.7 Å². The maximum Gasteiger partial charge on any atom is 0.410 e. The fourth-order valence-corrected chi connectivity index (χ4v) is 2.83. The Hall–Kier alpha value is -2.12. The molecule has 0 aromatic heterocycles. The zero-order chi connectivity index (χ0) is 15.0. The summed E-state index contributed by atoms with van der Waals surface area (Å²) in [4.78, 5) is 50.4. The standard InChI is InChI=1S/C12H16N2O6/c1-13-5-7-9(11(17)19-2)8(15)4-6(10(13)16)14(7)12(18)20-3/h6-7,9H,4-5H2,1-3H3. The first-order chi connectivity index (χ1) is 9.42. The number of amides is 2. The highest BCUT2D eigenvalue weighted by Crippen LogP contribution is 2.32. The van der Waals surface area contributed by atoms with Gasteiger partial charge in [-0.1, -0.05) is 0 Å². The van der Waals surface area contributed by atoms with Crippen LogP contribution in [-0.4, -0.2) is 73.4 Å². The maximum atomic E-state index is 12.1. The number of piperazine rings is 1. The summed E-state index contributed by atoms with van der Waals surface area (Å²) >= 11 is 0. The van der Waals surface area contributed by atoms with Crippen molar-refractivity contribution in [1.29, 1.82) is 0 Å². The number of carbonyl (C=O) groups is 4. The van der Waals surface area contributed by atoms with Crippen molar-refractivity contribution in [3.63, 3.8) is 0 Å². The number of methoxy groups -OCH3 is 2. The van der Waals surface area contributed by atoms with Crippen molar-refractivity contribution in [3.05, 3.63) is 0 Å². The van der Waals surface area contributed by atoms with E-state index in [1.54, 1.807) is 7.05 Å².